The molecule has 0 aliphatic carbocycles. The molecule has 2 rings (SSSR count). The second-order valence-corrected chi connectivity index (χ2v) is 10.3. The van der Waals surface area contributed by atoms with E-state index < -0.39 is 34.4 Å². The number of azide groups is 1. The number of ether oxygens (including phenoxy) is 2. The summed E-state index contributed by atoms with van der Waals surface area (Å²) in [6, 6.07) is -0.604. The molecule has 1 aliphatic rings. The van der Waals surface area contributed by atoms with Crippen LogP contribution in [0, 0.1) is 6.92 Å². The average Bonchev–Trinajstić information content (AvgIpc) is 3.23. The van der Waals surface area contributed by atoms with Crippen molar-refractivity contribution in [2.45, 2.75) is 114 Å². The Balaban J connectivity index is 1.73. The first kappa shape index (κ1) is 29.1. The van der Waals surface area contributed by atoms with E-state index in [0.29, 0.717) is 12.0 Å². The van der Waals surface area contributed by atoms with Gasteiger partial charge in [0.25, 0.3) is 5.56 Å². The molecule has 1 aromatic heterocycles. The molecule has 0 bridgehead atoms. The maximum absolute atomic E-state index is 12.4. The molecule has 0 unspecified atom stereocenters. The number of nitrogens with one attached hydrogen (secondary N) is 1. The molecule has 10 nitrogen and oxygen atoms in total. The number of hydrogen-bond acceptors (Lipinski definition) is 6. The van der Waals surface area contributed by atoms with Crippen molar-refractivity contribution in [1.29, 1.82) is 0 Å². The number of aromatic nitrogens is 2. The summed E-state index contributed by atoms with van der Waals surface area (Å²) in [5, 5.41) is 3.74. The highest BCUT2D eigenvalue weighted by molar-refractivity contribution is 9.10. The molecule has 4 atom stereocenters. The Kier molecular flexibility index (Phi) is 13.2. The van der Waals surface area contributed by atoms with E-state index in [1.54, 1.807) is 6.92 Å². The summed E-state index contributed by atoms with van der Waals surface area (Å²) in [6.07, 6.45) is 13.2. The van der Waals surface area contributed by atoms with Crippen molar-refractivity contribution in [1.82, 2.24) is 9.55 Å². The number of H-pyrrole nitrogens is 1. The van der Waals surface area contributed by atoms with Gasteiger partial charge in [0.1, 0.15) is 23.8 Å². The van der Waals surface area contributed by atoms with Gasteiger partial charge in [-0.3, -0.25) is 19.1 Å². The quantitative estimate of drug-likeness (QED) is 0.0722. The van der Waals surface area contributed by atoms with Crippen LogP contribution >= 0.6 is 15.9 Å². The van der Waals surface area contributed by atoms with E-state index in [4.69, 9.17) is 15.0 Å². The smallest absolute Gasteiger partial charge is 0.330 e. The van der Waals surface area contributed by atoms with Gasteiger partial charge in [-0.2, -0.15) is 0 Å². The third-order valence-corrected chi connectivity index (χ3v) is 7.15. The number of aromatic amines is 1. The highest BCUT2D eigenvalue weighted by Gasteiger charge is 2.37. The number of carbonyl (C=O) groups excluding carboxylic acids is 1. The monoisotopic (exact) mass is 555 g/mol. The SMILES string of the molecule is CCCCCCCCCCCC[C@@H](Br)C(=O)OC[C@H]1O[C@@H](n2cc(C)c(=O)[nH]c2=O)C[C@@H]1N=[N+]=[N-]. The highest BCUT2D eigenvalue weighted by atomic mass is 79.9. The Labute approximate surface area is 214 Å². The van der Waals surface area contributed by atoms with Gasteiger partial charge in [0.15, 0.2) is 0 Å². The van der Waals surface area contributed by atoms with E-state index in [1.165, 1.54) is 62.1 Å². The predicted molar refractivity (Wildman–Crippen MR) is 138 cm³/mol. The number of nitrogens with zero attached hydrogens (tertiary/aromatic N) is 4. The number of unbranched alkanes of at least 4 members (excludes halogenated alkanes) is 9. The summed E-state index contributed by atoms with van der Waals surface area (Å²) < 4.78 is 12.6. The molecule has 11 heteroatoms. The lowest BCUT2D eigenvalue weighted by molar-refractivity contribution is -0.148. The lowest BCUT2D eigenvalue weighted by Gasteiger charge is -2.18. The standard InChI is InChI=1S/C24H38BrN5O5/c1-3-4-5-6-7-8-9-10-11-12-13-18(25)23(32)34-16-20-19(28-29-26)14-21(35-20)30-15-17(2)22(31)27-24(30)33/h15,18-21H,3-14,16H2,1-2H3,(H,27,31,33)/t18-,19+,20-,21-/m1/s1. The third-order valence-electron chi connectivity index (χ3n) is 6.32. The van der Waals surface area contributed by atoms with Crippen LogP contribution in [-0.2, 0) is 14.3 Å². The lowest BCUT2D eigenvalue weighted by Crippen LogP contribution is -2.33. The Bertz CT molecular complexity index is 958. The maximum Gasteiger partial charge on any atom is 0.330 e. The first-order valence-electron chi connectivity index (χ1n) is 12.7. The van der Waals surface area contributed by atoms with Crippen LogP contribution in [0.5, 0.6) is 0 Å². The second kappa shape index (κ2) is 15.8. The number of halogens is 1. The van der Waals surface area contributed by atoms with E-state index in [0.717, 1.165) is 12.8 Å². The highest BCUT2D eigenvalue weighted by Crippen LogP contribution is 2.30. The van der Waals surface area contributed by atoms with Crippen LogP contribution in [0.4, 0.5) is 0 Å². The number of alkyl halides is 1. The molecular formula is C24H38BrN5O5. The lowest BCUT2D eigenvalue weighted by atomic mass is 10.1. The van der Waals surface area contributed by atoms with Gasteiger partial charge in [-0.25, -0.2) is 4.79 Å². The molecule has 1 aromatic rings. The van der Waals surface area contributed by atoms with E-state index in [1.807, 2.05) is 0 Å². The Morgan fingerprint density at radius 1 is 1.23 bits per heavy atom. The van der Waals surface area contributed by atoms with Crippen LogP contribution in [-0.4, -0.2) is 39.1 Å². The van der Waals surface area contributed by atoms with Crippen molar-refractivity contribution in [3.05, 3.63) is 43.0 Å². The van der Waals surface area contributed by atoms with Gasteiger partial charge in [-0.05, 0) is 18.9 Å². The van der Waals surface area contributed by atoms with Crippen LogP contribution in [0.15, 0.2) is 20.9 Å². The molecule has 0 saturated carbocycles. The maximum atomic E-state index is 12.4. The normalized spacial score (nSPS) is 20.4. The number of carbonyl (C=O) groups is 1. The molecule has 196 valence electrons. The molecule has 0 aromatic carbocycles. The molecule has 1 N–H and O–H groups in total. The first-order chi connectivity index (χ1) is 16.9. The van der Waals surface area contributed by atoms with Crippen LogP contribution in [0.25, 0.3) is 10.4 Å². The topological polar surface area (TPSA) is 139 Å². The van der Waals surface area contributed by atoms with Gasteiger partial charge in [0.2, 0.25) is 0 Å². The fraction of sp³-hybridized carbons (Fsp3) is 0.792. The van der Waals surface area contributed by atoms with Gasteiger partial charge < -0.3 is 9.47 Å². The molecule has 1 fully saturated rings. The summed E-state index contributed by atoms with van der Waals surface area (Å²) >= 11 is 3.41. The minimum atomic E-state index is -0.733. The van der Waals surface area contributed by atoms with Crippen molar-refractivity contribution in [3.8, 4) is 0 Å². The molecule has 0 amide bonds. The molecule has 2 heterocycles. The van der Waals surface area contributed by atoms with Crippen LogP contribution in [0.1, 0.15) is 95.8 Å². The zero-order valence-electron chi connectivity index (χ0n) is 20.8. The molecule has 0 spiro atoms. The van der Waals surface area contributed by atoms with Crippen LogP contribution in [0.3, 0.4) is 0 Å². The van der Waals surface area contributed by atoms with Crippen LogP contribution in [0.2, 0.25) is 0 Å². The van der Waals surface area contributed by atoms with Gasteiger partial charge in [-0.1, -0.05) is 92.2 Å². The average molecular weight is 557 g/mol. The Hall–Kier alpha value is -2.10. The molecule has 1 aliphatic heterocycles. The van der Waals surface area contributed by atoms with Crippen LogP contribution < -0.4 is 11.2 Å². The van der Waals surface area contributed by atoms with Gasteiger partial charge >= 0.3 is 11.7 Å². The molecular weight excluding hydrogens is 518 g/mol. The predicted octanol–water partition coefficient (Wildman–Crippen LogP) is 5.43. The zero-order valence-corrected chi connectivity index (χ0v) is 22.4. The van der Waals surface area contributed by atoms with Crippen molar-refractivity contribution in [2.75, 3.05) is 6.61 Å². The van der Waals surface area contributed by atoms with E-state index >= 15 is 0 Å². The minimum Gasteiger partial charge on any atom is -0.462 e. The second-order valence-electron chi connectivity index (χ2n) is 9.18. The molecule has 0 radical (unpaired) electrons. The summed E-state index contributed by atoms with van der Waals surface area (Å²) in [5.41, 5.74) is 8.18. The third kappa shape index (κ3) is 9.82. The molecule has 1 saturated heterocycles. The summed E-state index contributed by atoms with van der Waals surface area (Å²) in [5.74, 6) is -0.385. The van der Waals surface area contributed by atoms with E-state index in [-0.39, 0.29) is 19.0 Å². The fourth-order valence-corrected chi connectivity index (χ4v) is 4.66. The first-order valence-corrected chi connectivity index (χ1v) is 13.6. The number of esters is 1. The summed E-state index contributed by atoms with van der Waals surface area (Å²) in [6.45, 7) is 3.72. The van der Waals surface area contributed by atoms with Gasteiger partial charge in [-0.15, -0.1) is 0 Å². The van der Waals surface area contributed by atoms with E-state index in [2.05, 4.69) is 37.9 Å². The largest absolute Gasteiger partial charge is 0.462 e. The summed E-state index contributed by atoms with van der Waals surface area (Å²) in [4.78, 5) is 40.9. The summed E-state index contributed by atoms with van der Waals surface area (Å²) in [7, 11) is 0. The number of aryl methyl sites for hydroxylation is 1. The van der Waals surface area contributed by atoms with Crippen molar-refractivity contribution in [2.24, 2.45) is 5.11 Å². The zero-order chi connectivity index (χ0) is 25.6. The Morgan fingerprint density at radius 2 is 1.86 bits per heavy atom. The van der Waals surface area contributed by atoms with Crippen molar-refractivity contribution < 1.29 is 14.3 Å². The Morgan fingerprint density at radius 3 is 2.49 bits per heavy atom. The number of hydrogen-bond donors (Lipinski definition) is 1. The van der Waals surface area contributed by atoms with Gasteiger partial charge in [0.05, 0.1) is 6.04 Å². The van der Waals surface area contributed by atoms with Crippen molar-refractivity contribution in [3.63, 3.8) is 0 Å². The fourth-order valence-electron chi connectivity index (χ4n) is 4.21. The minimum absolute atomic E-state index is 0.0871. The van der Waals surface area contributed by atoms with Gasteiger partial charge in [0, 0.05) is 23.1 Å². The molecule has 35 heavy (non-hydrogen) atoms. The van der Waals surface area contributed by atoms with Crippen molar-refractivity contribution >= 4 is 21.9 Å². The number of rotatable bonds is 16. The van der Waals surface area contributed by atoms with E-state index in [9.17, 15) is 14.4 Å².